The second-order valence-corrected chi connectivity index (χ2v) is 5.38. The van der Waals surface area contributed by atoms with Crippen LogP contribution in [0.3, 0.4) is 0 Å². The van der Waals surface area contributed by atoms with E-state index in [2.05, 4.69) is 16.0 Å². The summed E-state index contributed by atoms with van der Waals surface area (Å²) in [6, 6.07) is 16.6. The van der Waals surface area contributed by atoms with Crippen LogP contribution < -0.4 is 20.7 Å². The number of nitrogens with one attached hydrogen (secondary N) is 3. The van der Waals surface area contributed by atoms with Crippen molar-refractivity contribution >= 4 is 17.6 Å². The van der Waals surface area contributed by atoms with E-state index < -0.39 is 0 Å². The fraction of sp³-hybridized carbons (Fsp3) is 0.263. The maximum atomic E-state index is 11.9. The molecule has 0 aromatic heterocycles. The van der Waals surface area contributed by atoms with Crippen molar-refractivity contribution in [3.05, 3.63) is 60.2 Å². The van der Waals surface area contributed by atoms with E-state index in [9.17, 15) is 9.59 Å². The Kier molecular flexibility index (Phi) is 7.31. The Hall–Kier alpha value is -3.02. The van der Waals surface area contributed by atoms with Gasteiger partial charge in [0.25, 0.3) is 5.91 Å². The minimum Gasteiger partial charge on any atom is -0.484 e. The first-order valence-corrected chi connectivity index (χ1v) is 8.25. The van der Waals surface area contributed by atoms with Gasteiger partial charge in [0.2, 0.25) is 0 Å². The van der Waals surface area contributed by atoms with E-state index >= 15 is 0 Å². The topological polar surface area (TPSA) is 79.5 Å². The van der Waals surface area contributed by atoms with E-state index in [1.807, 2.05) is 37.3 Å². The van der Waals surface area contributed by atoms with Crippen molar-refractivity contribution in [2.24, 2.45) is 0 Å². The van der Waals surface area contributed by atoms with Gasteiger partial charge < -0.3 is 20.7 Å². The first kappa shape index (κ1) is 18.3. The zero-order valence-electron chi connectivity index (χ0n) is 14.2. The van der Waals surface area contributed by atoms with Crippen LogP contribution in [0, 0.1) is 0 Å². The van der Waals surface area contributed by atoms with Crippen LogP contribution in [0.5, 0.6) is 5.75 Å². The standard InChI is InChI=1S/C19H23N3O3/c1-2-20-18(23)14-25-17-10-8-16(9-11-17)22-19(24)21-13-12-15-6-4-3-5-7-15/h3-11H,2,12-14H2,1H3,(H,20,23)(H2,21,22,24). The van der Waals surface area contributed by atoms with Crippen molar-refractivity contribution in [2.45, 2.75) is 13.3 Å². The lowest BCUT2D eigenvalue weighted by Gasteiger charge is -2.09. The summed E-state index contributed by atoms with van der Waals surface area (Å²) in [5.74, 6) is 0.406. The first-order valence-electron chi connectivity index (χ1n) is 8.25. The number of anilines is 1. The Bertz CT molecular complexity index is 672. The van der Waals surface area contributed by atoms with Crippen molar-refractivity contribution in [3.8, 4) is 5.75 Å². The number of carbonyl (C=O) groups is 2. The number of likely N-dealkylation sites (N-methyl/N-ethyl adjacent to an activating group) is 1. The van der Waals surface area contributed by atoms with Gasteiger partial charge in [-0.05, 0) is 43.2 Å². The van der Waals surface area contributed by atoms with Gasteiger partial charge in [0.05, 0.1) is 0 Å². The number of amides is 3. The molecule has 3 N–H and O–H groups in total. The highest BCUT2D eigenvalue weighted by molar-refractivity contribution is 5.89. The van der Waals surface area contributed by atoms with Crippen molar-refractivity contribution in [2.75, 3.05) is 25.0 Å². The second-order valence-electron chi connectivity index (χ2n) is 5.38. The number of rotatable bonds is 8. The Labute approximate surface area is 147 Å². The van der Waals surface area contributed by atoms with Gasteiger partial charge in [0.15, 0.2) is 6.61 Å². The van der Waals surface area contributed by atoms with E-state index in [1.165, 1.54) is 5.56 Å². The zero-order valence-corrected chi connectivity index (χ0v) is 14.2. The van der Waals surface area contributed by atoms with Gasteiger partial charge in [0.1, 0.15) is 5.75 Å². The fourth-order valence-corrected chi connectivity index (χ4v) is 2.17. The summed E-state index contributed by atoms with van der Waals surface area (Å²) in [7, 11) is 0. The third-order valence-electron chi connectivity index (χ3n) is 3.40. The summed E-state index contributed by atoms with van der Waals surface area (Å²) in [5, 5.41) is 8.23. The molecule has 6 heteroatoms. The molecule has 0 bridgehead atoms. The van der Waals surface area contributed by atoms with Crippen molar-refractivity contribution in [3.63, 3.8) is 0 Å². The molecule has 0 saturated carbocycles. The molecule has 2 aromatic carbocycles. The largest absolute Gasteiger partial charge is 0.484 e. The van der Waals surface area contributed by atoms with Crippen LogP contribution in [0.2, 0.25) is 0 Å². The summed E-state index contributed by atoms with van der Waals surface area (Å²) in [6.07, 6.45) is 0.779. The molecule has 0 saturated heterocycles. The summed E-state index contributed by atoms with van der Waals surface area (Å²) < 4.78 is 5.35. The molecule has 0 spiro atoms. The van der Waals surface area contributed by atoms with Gasteiger partial charge >= 0.3 is 6.03 Å². The number of hydrogen-bond acceptors (Lipinski definition) is 3. The highest BCUT2D eigenvalue weighted by atomic mass is 16.5. The summed E-state index contributed by atoms with van der Waals surface area (Å²) in [6.45, 7) is 2.96. The Morgan fingerprint density at radius 3 is 2.36 bits per heavy atom. The van der Waals surface area contributed by atoms with Crippen LogP contribution in [0.4, 0.5) is 10.5 Å². The molecule has 0 unspecified atom stereocenters. The van der Waals surface area contributed by atoms with E-state index in [0.717, 1.165) is 6.42 Å². The number of hydrogen-bond donors (Lipinski definition) is 3. The van der Waals surface area contributed by atoms with Gasteiger partial charge in [-0.3, -0.25) is 4.79 Å². The normalized spacial score (nSPS) is 9.96. The summed E-state index contributed by atoms with van der Waals surface area (Å²) in [4.78, 5) is 23.2. The van der Waals surface area contributed by atoms with Gasteiger partial charge in [-0.1, -0.05) is 30.3 Å². The van der Waals surface area contributed by atoms with Crippen LogP contribution in [-0.2, 0) is 11.2 Å². The maximum Gasteiger partial charge on any atom is 0.319 e. The Morgan fingerprint density at radius 1 is 0.960 bits per heavy atom. The molecule has 0 aliphatic rings. The number of urea groups is 1. The van der Waals surface area contributed by atoms with E-state index in [0.29, 0.717) is 24.5 Å². The van der Waals surface area contributed by atoms with Gasteiger partial charge in [-0.25, -0.2) is 4.79 Å². The summed E-state index contributed by atoms with van der Waals surface area (Å²) >= 11 is 0. The van der Waals surface area contributed by atoms with Crippen molar-refractivity contribution in [1.29, 1.82) is 0 Å². The predicted molar refractivity (Wildman–Crippen MR) is 97.8 cm³/mol. The lowest BCUT2D eigenvalue weighted by Crippen LogP contribution is -2.30. The van der Waals surface area contributed by atoms with Crippen molar-refractivity contribution < 1.29 is 14.3 Å². The van der Waals surface area contributed by atoms with Crippen LogP contribution in [0.15, 0.2) is 54.6 Å². The molecular weight excluding hydrogens is 318 g/mol. The monoisotopic (exact) mass is 341 g/mol. The second kappa shape index (κ2) is 9.97. The SMILES string of the molecule is CCNC(=O)COc1ccc(NC(=O)NCCc2ccccc2)cc1. The van der Waals surface area contributed by atoms with Gasteiger partial charge in [0, 0.05) is 18.8 Å². The Morgan fingerprint density at radius 2 is 1.68 bits per heavy atom. The van der Waals surface area contributed by atoms with Crippen LogP contribution in [0.25, 0.3) is 0 Å². The van der Waals surface area contributed by atoms with E-state index in [4.69, 9.17) is 4.74 Å². The van der Waals surface area contributed by atoms with Gasteiger partial charge in [-0.15, -0.1) is 0 Å². The van der Waals surface area contributed by atoms with E-state index in [-0.39, 0.29) is 18.5 Å². The molecule has 0 aliphatic heterocycles. The molecule has 0 radical (unpaired) electrons. The Balaban J connectivity index is 1.71. The molecule has 0 aliphatic carbocycles. The van der Waals surface area contributed by atoms with Gasteiger partial charge in [-0.2, -0.15) is 0 Å². The minimum atomic E-state index is -0.257. The van der Waals surface area contributed by atoms with Crippen LogP contribution in [-0.4, -0.2) is 31.6 Å². The van der Waals surface area contributed by atoms with Crippen LogP contribution >= 0.6 is 0 Å². The molecule has 2 rings (SSSR count). The molecule has 0 atom stereocenters. The molecule has 0 heterocycles. The molecule has 6 nitrogen and oxygen atoms in total. The number of carbonyl (C=O) groups excluding carboxylic acids is 2. The third kappa shape index (κ3) is 6.95. The molecule has 0 fully saturated rings. The number of benzene rings is 2. The summed E-state index contributed by atoms with van der Waals surface area (Å²) in [5.41, 5.74) is 1.83. The van der Waals surface area contributed by atoms with Crippen LogP contribution in [0.1, 0.15) is 12.5 Å². The molecule has 132 valence electrons. The lowest BCUT2D eigenvalue weighted by molar-refractivity contribution is -0.122. The zero-order chi connectivity index (χ0) is 17.9. The average molecular weight is 341 g/mol. The van der Waals surface area contributed by atoms with E-state index in [1.54, 1.807) is 24.3 Å². The molecular formula is C19H23N3O3. The maximum absolute atomic E-state index is 11.9. The molecule has 25 heavy (non-hydrogen) atoms. The fourth-order valence-electron chi connectivity index (χ4n) is 2.17. The lowest BCUT2D eigenvalue weighted by atomic mass is 10.1. The predicted octanol–water partition coefficient (Wildman–Crippen LogP) is 2.57. The number of ether oxygens (including phenoxy) is 1. The van der Waals surface area contributed by atoms with Crippen molar-refractivity contribution in [1.82, 2.24) is 10.6 Å². The molecule has 3 amide bonds. The molecule has 2 aromatic rings. The average Bonchev–Trinajstić information content (AvgIpc) is 2.62. The first-order chi connectivity index (χ1) is 12.2. The minimum absolute atomic E-state index is 0.0272. The highest BCUT2D eigenvalue weighted by Crippen LogP contribution is 2.15. The smallest absolute Gasteiger partial charge is 0.319 e. The quantitative estimate of drug-likeness (QED) is 0.690. The third-order valence-corrected chi connectivity index (χ3v) is 3.40. The highest BCUT2D eigenvalue weighted by Gasteiger charge is 2.03.